The van der Waals surface area contributed by atoms with Crippen LogP contribution >= 0.6 is 11.6 Å². The van der Waals surface area contributed by atoms with E-state index in [0.29, 0.717) is 22.1 Å². The molecule has 0 aliphatic carbocycles. The zero-order valence-electron chi connectivity index (χ0n) is 13.2. The lowest BCUT2D eigenvalue weighted by molar-refractivity contribution is -0.137. The molecule has 0 aromatic heterocycles. The van der Waals surface area contributed by atoms with Crippen LogP contribution in [-0.4, -0.2) is 11.8 Å². The molecule has 0 bridgehead atoms. The fraction of sp³-hybridized carbons (Fsp3) is 0.158. The Bertz CT molecular complexity index is 835. The maximum atomic E-state index is 12.4. The van der Waals surface area contributed by atoms with Crippen LogP contribution in [-0.2, 0) is 4.79 Å². The molecule has 1 aliphatic heterocycles. The molecule has 0 radical (unpaired) electrons. The monoisotopic (exact) mass is 342 g/mol. The van der Waals surface area contributed by atoms with Gasteiger partial charge in [-0.25, -0.2) is 0 Å². The van der Waals surface area contributed by atoms with Crippen LogP contribution < -0.4 is 9.47 Å². The number of fused-ring (bicyclic) bond motifs is 1. The first-order valence-corrected chi connectivity index (χ1v) is 7.87. The van der Waals surface area contributed by atoms with Gasteiger partial charge in [-0.3, -0.25) is 9.59 Å². The lowest BCUT2D eigenvalue weighted by Gasteiger charge is -2.07. The topological polar surface area (TPSA) is 52.6 Å². The van der Waals surface area contributed by atoms with Gasteiger partial charge in [0.2, 0.25) is 5.78 Å². The molecule has 5 heteroatoms. The van der Waals surface area contributed by atoms with Crippen LogP contribution in [0.4, 0.5) is 0 Å². The lowest BCUT2D eigenvalue weighted by Crippen LogP contribution is -2.14. The van der Waals surface area contributed by atoms with E-state index in [9.17, 15) is 9.59 Å². The van der Waals surface area contributed by atoms with Crippen molar-refractivity contribution in [1.29, 1.82) is 0 Å². The highest BCUT2D eigenvalue weighted by atomic mass is 35.5. The van der Waals surface area contributed by atoms with Gasteiger partial charge in [0.1, 0.15) is 11.5 Å². The van der Waals surface area contributed by atoms with E-state index in [4.69, 9.17) is 21.1 Å². The summed E-state index contributed by atoms with van der Waals surface area (Å²) in [5, 5.41) is 0.621. The minimum atomic E-state index is -0.337. The van der Waals surface area contributed by atoms with Crippen molar-refractivity contribution >= 4 is 29.4 Å². The van der Waals surface area contributed by atoms with Gasteiger partial charge in [0, 0.05) is 11.1 Å². The van der Waals surface area contributed by atoms with Crippen molar-refractivity contribution in [3.05, 3.63) is 64.4 Å². The molecule has 24 heavy (non-hydrogen) atoms. The number of halogens is 1. The lowest BCUT2D eigenvalue weighted by atomic mass is 10.1. The van der Waals surface area contributed by atoms with Gasteiger partial charge in [-0.2, -0.15) is 0 Å². The Morgan fingerprint density at radius 1 is 1.17 bits per heavy atom. The Morgan fingerprint density at radius 2 is 1.88 bits per heavy atom. The van der Waals surface area contributed by atoms with Crippen LogP contribution in [0.3, 0.4) is 0 Å². The molecule has 1 heterocycles. The highest BCUT2D eigenvalue weighted by molar-refractivity contribution is 6.30. The molecule has 2 aromatic carbocycles. The standard InChI is InChI=1S/C19H15ClO4/c1-11(2)19(22)23-14-7-8-15-16(10-14)24-17(18(15)21)9-12-3-5-13(20)6-4-12/h3-11H,1-2H3/b17-9-. The third-order valence-corrected chi connectivity index (χ3v) is 3.75. The number of allylic oxidation sites excluding steroid dienone is 1. The summed E-state index contributed by atoms with van der Waals surface area (Å²) in [5.74, 6) is 0.181. The molecular formula is C19H15ClO4. The quantitative estimate of drug-likeness (QED) is 0.467. The van der Waals surface area contributed by atoms with Crippen LogP contribution in [0, 0.1) is 5.92 Å². The van der Waals surface area contributed by atoms with Gasteiger partial charge >= 0.3 is 5.97 Å². The molecule has 2 aromatic rings. The van der Waals surface area contributed by atoms with Crippen LogP contribution in [0.1, 0.15) is 29.8 Å². The van der Waals surface area contributed by atoms with Crippen molar-refractivity contribution in [3.63, 3.8) is 0 Å². The molecule has 0 atom stereocenters. The van der Waals surface area contributed by atoms with E-state index in [1.807, 2.05) is 0 Å². The molecule has 4 nitrogen and oxygen atoms in total. The number of rotatable bonds is 3. The molecule has 0 N–H and O–H groups in total. The Kier molecular flexibility index (Phi) is 4.40. The number of carbonyl (C=O) groups is 2. The maximum Gasteiger partial charge on any atom is 0.313 e. The third-order valence-electron chi connectivity index (χ3n) is 3.50. The second-order valence-corrected chi connectivity index (χ2v) is 6.16. The fourth-order valence-electron chi connectivity index (χ4n) is 2.18. The van der Waals surface area contributed by atoms with Crippen LogP contribution in [0.15, 0.2) is 48.2 Å². The summed E-state index contributed by atoms with van der Waals surface area (Å²) in [4.78, 5) is 24.0. The van der Waals surface area contributed by atoms with E-state index in [-0.39, 0.29) is 23.4 Å². The first kappa shape index (κ1) is 16.3. The van der Waals surface area contributed by atoms with Gasteiger partial charge in [0.05, 0.1) is 11.5 Å². The molecule has 1 aliphatic rings. The van der Waals surface area contributed by atoms with Crippen molar-refractivity contribution in [2.24, 2.45) is 5.92 Å². The summed E-state index contributed by atoms with van der Waals surface area (Å²) < 4.78 is 10.9. The summed E-state index contributed by atoms with van der Waals surface area (Å²) in [7, 11) is 0. The van der Waals surface area contributed by atoms with Crippen LogP contribution in [0.5, 0.6) is 11.5 Å². The van der Waals surface area contributed by atoms with Gasteiger partial charge in [-0.1, -0.05) is 37.6 Å². The Morgan fingerprint density at radius 3 is 2.54 bits per heavy atom. The highest BCUT2D eigenvalue weighted by Gasteiger charge is 2.28. The Labute approximate surface area is 144 Å². The van der Waals surface area contributed by atoms with E-state index >= 15 is 0 Å². The minimum absolute atomic E-state index is 0.207. The van der Waals surface area contributed by atoms with Gasteiger partial charge < -0.3 is 9.47 Å². The van der Waals surface area contributed by atoms with Gasteiger partial charge in [0.25, 0.3) is 0 Å². The summed E-state index contributed by atoms with van der Waals surface area (Å²) in [6, 6.07) is 11.8. The first-order valence-electron chi connectivity index (χ1n) is 7.49. The van der Waals surface area contributed by atoms with E-state index in [0.717, 1.165) is 5.56 Å². The van der Waals surface area contributed by atoms with E-state index in [1.165, 1.54) is 0 Å². The van der Waals surface area contributed by atoms with Crippen molar-refractivity contribution in [3.8, 4) is 11.5 Å². The van der Waals surface area contributed by atoms with Gasteiger partial charge in [-0.05, 0) is 35.9 Å². The third kappa shape index (κ3) is 3.34. The number of ether oxygens (including phenoxy) is 2. The largest absolute Gasteiger partial charge is 0.452 e. The normalized spacial score (nSPS) is 14.7. The molecule has 0 saturated carbocycles. The highest BCUT2D eigenvalue weighted by Crippen LogP contribution is 2.35. The Hall–Kier alpha value is -2.59. The van der Waals surface area contributed by atoms with E-state index < -0.39 is 0 Å². The maximum absolute atomic E-state index is 12.4. The van der Waals surface area contributed by atoms with E-state index in [1.54, 1.807) is 62.4 Å². The second kappa shape index (κ2) is 6.49. The molecule has 3 rings (SSSR count). The molecule has 0 unspecified atom stereocenters. The molecule has 122 valence electrons. The number of Topliss-reactive ketones (excluding diaryl/α,β-unsaturated/α-hetero) is 1. The first-order chi connectivity index (χ1) is 11.4. The SMILES string of the molecule is CC(C)C(=O)Oc1ccc2c(c1)O/C(=C\c1ccc(Cl)cc1)C2=O. The Balaban J connectivity index is 1.84. The number of esters is 1. The van der Waals surface area contributed by atoms with Crippen molar-refractivity contribution in [2.45, 2.75) is 13.8 Å². The average molecular weight is 343 g/mol. The molecule has 0 spiro atoms. The number of benzene rings is 2. The predicted molar refractivity (Wildman–Crippen MR) is 91.3 cm³/mol. The molecule has 0 fully saturated rings. The van der Waals surface area contributed by atoms with Gasteiger partial charge in [0.15, 0.2) is 5.76 Å². The fourth-order valence-corrected chi connectivity index (χ4v) is 2.30. The summed E-state index contributed by atoms with van der Waals surface area (Å²) >= 11 is 5.85. The molecule has 0 saturated heterocycles. The minimum Gasteiger partial charge on any atom is -0.452 e. The summed E-state index contributed by atoms with van der Waals surface area (Å²) in [6.07, 6.45) is 1.65. The zero-order valence-corrected chi connectivity index (χ0v) is 14.0. The van der Waals surface area contributed by atoms with Crippen molar-refractivity contribution in [2.75, 3.05) is 0 Å². The number of carbonyl (C=O) groups excluding carboxylic acids is 2. The summed E-state index contributed by atoms with van der Waals surface area (Å²) in [6.45, 7) is 3.51. The smallest absolute Gasteiger partial charge is 0.313 e. The van der Waals surface area contributed by atoms with Crippen LogP contribution in [0.25, 0.3) is 6.08 Å². The van der Waals surface area contributed by atoms with Crippen molar-refractivity contribution < 1.29 is 19.1 Å². The molecule has 0 amide bonds. The zero-order chi connectivity index (χ0) is 17.3. The number of hydrogen-bond acceptors (Lipinski definition) is 4. The molecular weight excluding hydrogens is 328 g/mol. The predicted octanol–water partition coefficient (Wildman–Crippen LogP) is 4.52. The average Bonchev–Trinajstić information content (AvgIpc) is 2.85. The second-order valence-electron chi connectivity index (χ2n) is 5.73. The van der Waals surface area contributed by atoms with E-state index in [2.05, 4.69) is 0 Å². The number of ketones is 1. The van der Waals surface area contributed by atoms with Gasteiger partial charge in [-0.15, -0.1) is 0 Å². The summed E-state index contributed by atoms with van der Waals surface area (Å²) in [5.41, 5.74) is 1.25. The van der Waals surface area contributed by atoms with Crippen molar-refractivity contribution in [1.82, 2.24) is 0 Å². The van der Waals surface area contributed by atoms with Crippen LogP contribution in [0.2, 0.25) is 5.02 Å². The number of hydrogen-bond donors (Lipinski definition) is 0.